The van der Waals surface area contributed by atoms with Crippen molar-refractivity contribution in [1.82, 2.24) is 10.2 Å². The first-order valence-corrected chi connectivity index (χ1v) is 9.43. The maximum atomic E-state index is 13.2. The van der Waals surface area contributed by atoms with Gasteiger partial charge in [0.05, 0.1) is 11.3 Å². The zero-order valence-electron chi connectivity index (χ0n) is 16.2. The highest BCUT2D eigenvalue weighted by Crippen LogP contribution is 2.31. The highest BCUT2D eigenvalue weighted by atomic mass is 16.4. The van der Waals surface area contributed by atoms with E-state index in [4.69, 9.17) is 0 Å². The Kier molecular flexibility index (Phi) is 5.40. The largest absolute Gasteiger partial charge is 0.478 e. The van der Waals surface area contributed by atoms with Crippen molar-refractivity contribution in [3.63, 3.8) is 0 Å². The zero-order valence-corrected chi connectivity index (χ0v) is 16.2. The number of anilines is 1. The smallest absolute Gasteiger partial charge is 0.335 e. The van der Waals surface area contributed by atoms with E-state index >= 15 is 0 Å². The molecule has 0 saturated carbocycles. The van der Waals surface area contributed by atoms with Crippen LogP contribution in [0.25, 0.3) is 22.4 Å². The Morgan fingerprint density at radius 2 is 1.48 bits per heavy atom. The van der Waals surface area contributed by atoms with Crippen LogP contribution in [0.3, 0.4) is 0 Å². The molecule has 1 heterocycles. The Morgan fingerprint density at radius 3 is 2.13 bits per heavy atom. The number of carboxylic acid groups (broad SMARTS) is 1. The van der Waals surface area contributed by atoms with E-state index in [-0.39, 0.29) is 16.8 Å². The summed E-state index contributed by atoms with van der Waals surface area (Å²) in [6, 6.07) is 24.1. The van der Waals surface area contributed by atoms with Crippen molar-refractivity contribution < 1.29 is 14.7 Å². The molecule has 0 aliphatic rings. The van der Waals surface area contributed by atoms with Gasteiger partial charge < -0.3 is 10.4 Å². The Bertz CT molecular complexity index is 1320. The summed E-state index contributed by atoms with van der Waals surface area (Å²) >= 11 is 0. The van der Waals surface area contributed by atoms with E-state index in [0.29, 0.717) is 16.8 Å². The number of H-pyrrole nitrogens is 1. The minimum atomic E-state index is -1.12. The molecular formula is C24H17N3O4. The van der Waals surface area contributed by atoms with Crippen LogP contribution >= 0.6 is 0 Å². The molecule has 3 aromatic carbocycles. The molecule has 31 heavy (non-hydrogen) atoms. The fourth-order valence-corrected chi connectivity index (χ4v) is 3.28. The Morgan fingerprint density at radius 1 is 0.839 bits per heavy atom. The van der Waals surface area contributed by atoms with Crippen LogP contribution in [0.1, 0.15) is 20.7 Å². The van der Waals surface area contributed by atoms with Crippen molar-refractivity contribution in [1.29, 1.82) is 0 Å². The average Bonchev–Trinajstić information content (AvgIpc) is 2.80. The molecule has 0 aliphatic heterocycles. The lowest BCUT2D eigenvalue weighted by molar-refractivity contribution is 0.0696. The number of aromatic nitrogens is 2. The summed E-state index contributed by atoms with van der Waals surface area (Å²) in [6.45, 7) is 0. The van der Waals surface area contributed by atoms with Crippen LogP contribution in [0, 0.1) is 0 Å². The van der Waals surface area contributed by atoms with Crippen molar-refractivity contribution in [3.8, 4) is 22.4 Å². The number of nitrogens with one attached hydrogen (secondary N) is 2. The molecule has 0 saturated heterocycles. The van der Waals surface area contributed by atoms with Crippen molar-refractivity contribution >= 4 is 17.6 Å². The lowest BCUT2D eigenvalue weighted by atomic mass is 9.95. The summed E-state index contributed by atoms with van der Waals surface area (Å²) in [5.41, 5.74) is 1.77. The number of aromatic amines is 1. The molecule has 1 amide bonds. The first-order chi connectivity index (χ1) is 15.0. The van der Waals surface area contributed by atoms with Gasteiger partial charge in [0.25, 0.3) is 11.5 Å². The molecule has 0 bridgehead atoms. The number of aromatic carboxylic acids is 1. The predicted octanol–water partition coefficient (Wildman–Crippen LogP) is 4.05. The van der Waals surface area contributed by atoms with E-state index in [2.05, 4.69) is 15.5 Å². The Hall–Kier alpha value is -4.52. The Balaban J connectivity index is 1.87. The monoisotopic (exact) mass is 411 g/mol. The average molecular weight is 411 g/mol. The van der Waals surface area contributed by atoms with E-state index in [1.165, 1.54) is 18.2 Å². The number of hydrogen-bond donors (Lipinski definition) is 3. The first kappa shape index (κ1) is 19.8. The van der Waals surface area contributed by atoms with Crippen LogP contribution in [-0.2, 0) is 0 Å². The quantitative estimate of drug-likeness (QED) is 0.459. The normalized spacial score (nSPS) is 10.5. The van der Waals surface area contributed by atoms with Gasteiger partial charge >= 0.3 is 5.97 Å². The molecule has 1 aromatic heterocycles. The van der Waals surface area contributed by atoms with E-state index in [0.717, 1.165) is 5.56 Å². The van der Waals surface area contributed by atoms with Crippen LogP contribution in [0.5, 0.6) is 0 Å². The van der Waals surface area contributed by atoms with Crippen LogP contribution in [0.15, 0.2) is 89.7 Å². The fourth-order valence-electron chi connectivity index (χ4n) is 3.28. The molecule has 0 fully saturated rings. The number of rotatable bonds is 5. The third kappa shape index (κ3) is 4.11. The highest BCUT2D eigenvalue weighted by molar-refractivity contribution is 6.10. The van der Waals surface area contributed by atoms with Gasteiger partial charge in [0.15, 0.2) is 0 Å². The van der Waals surface area contributed by atoms with Gasteiger partial charge in [-0.15, -0.1) is 0 Å². The maximum absolute atomic E-state index is 13.2. The van der Waals surface area contributed by atoms with Gasteiger partial charge in [0, 0.05) is 16.8 Å². The van der Waals surface area contributed by atoms with E-state index < -0.39 is 17.4 Å². The lowest BCUT2D eigenvalue weighted by Gasteiger charge is -2.14. The summed E-state index contributed by atoms with van der Waals surface area (Å²) in [5, 5.41) is 18.4. The number of carboxylic acids is 1. The zero-order chi connectivity index (χ0) is 21.8. The van der Waals surface area contributed by atoms with Gasteiger partial charge in [-0.2, -0.15) is 5.10 Å². The van der Waals surface area contributed by atoms with Crippen molar-refractivity contribution in [2.24, 2.45) is 0 Å². The number of carbonyl (C=O) groups excluding carboxylic acids is 1. The minimum absolute atomic E-state index is 0.0229. The van der Waals surface area contributed by atoms with Gasteiger partial charge in [0.1, 0.15) is 5.56 Å². The minimum Gasteiger partial charge on any atom is -0.478 e. The SMILES string of the molecule is O=C(O)c1cccc(NC(=O)c2c(-c3ccccc3)c(-c3ccccc3)n[nH]c2=O)c1. The molecule has 7 heteroatoms. The van der Waals surface area contributed by atoms with Gasteiger partial charge in [-0.25, -0.2) is 9.89 Å². The lowest BCUT2D eigenvalue weighted by Crippen LogP contribution is -2.26. The summed E-state index contributed by atoms with van der Waals surface area (Å²) in [7, 11) is 0. The van der Waals surface area contributed by atoms with Crippen molar-refractivity contribution in [2.45, 2.75) is 0 Å². The van der Waals surface area contributed by atoms with E-state index in [9.17, 15) is 19.5 Å². The molecular weight excluding hydrogens is 394 g/mol. The third-order valence-corrected chi connectivity index (χ3v) is 4.69. The van der Waals surface area contributed by atoms with Crippen LogP contribution < -0.4 is 10.9 Å². The summed E-state index contributed by atoms with van der Waals surface area (Å²) in [6.07, 6.45) is 0. The summed E-state index contributed by atoms with van der Waals surface area (Å²) in [4.78, 5) is 37.1. The highest BCUT2D eigenvalue weighted by Gasteiger charge is 2.23. The molecule has 4 rings (SSSR count). The van der Waals surface area contributed by atoms with E-state index in [1.54, 1.807) is 18.2 Å². The second-order valence-electron chi connectivity index (χ2n) is 6.72. The molecule has 3 N–H and O–H groups in total. The number of amides is 1. The molecule has 0 spiro atoms. The second kappa shape index (κ2) is 8.46. The summed E-state index contributed by atoms with van der Waals surface area (Å²) < 4.78 is 0. The van der Waals surface area contributed by atoms with Crippen molar-refractivity contribution in [2.75, 3.05) is 5.32 Å². The van der Waals surface area contributed by atoms with Gasteiger partial charge in [-0.05, 0) is 23.8 Å². The number of hydrogen-bond acceptors (Lipinski definition) is 4. The molecule has 0 aliphatic carbocycles. The van der Waals surface area contributed by atoms with Gasteiger partial charge in [0.2, 0.25) is 0 Å². The van der Waals surface area contributed by atoms with Crippen LogP contribution in [0.2, 0.25) is 0 Å². The van der Waals surface area contributed by atoms with E-state index in [1.807, 2.05) is 48.5 Å². The van der Waals surface area contributed by atoms with Crippen LogP contribution in [0.4, 0.5) is 5.69 Å². The second-order valence-corrected chi connectivity index (χ2v) is 6.72. The van der Waals surface area contributed by atoms with Crippen LogP contribution in [-0.4, -0.2) is 27.2 Å². The molecule has 0 atom stereocenters. The molecule has 4 aromatic rings. The standard InChI is InChI=1S/C24H17N3O4/c28-22(25-18-13-7-12-17(14-18)24(30)31)20-19(15-8-3-1-4-9-15)21(26-27-23(20)29)16-10-5-2-6-11-16/h1-14H,(H,25,28)(H,27,29)(H,30,31). The van der Waals surface area contributed by atoms with Crippen molar-refractivity contribution in [3.05, 3.63) is 106 Å². The third-order valence-electron chi connectivity index (χ3n) is 4.69. The number of nitrogens with zero attached hydrogens (tertiary/aromatic N) is 1. The fraction of sp³-hybridized carbons (Fsp3) is 0. The molecule has 0 unspecified atom stereocenters. The summed E-state index contributed by atoms with van der Waals surface area (Å²) in [5.74, 6) is -1.78. The van der Waals surface area contributed by atoms with Gasteiger partial charge in [-0.1, -0.05) is 66.7 Å². The first-order valence-electron chi connectivity index (χ1n) is 9.43. The molecule has 152 valence electrons. The van der Waals surface area contributed by atoms with Gasteiger partial charge in [-0.3, -0.25) is 9.59 Å². The number of benzene rings is 3. The maximum Gasteiger partial charge on any atom is 0.335 e. The molecule has 0 radical (unpaired) electrons. The molecule has 7 nitrogen and oxygen atoms in total. The number of carbonyl (C=O) groups is 2. The topological polar surface area (TPSA) is 112 Å². The Labute approximate surface area is 177 Å². The predicted molar refractivity (Wildman–Crippen MR) is 117 cm³/mol.